The van der Waals surface area contributed by atoms with Crippen molar-refractivity contribution in [1.29, 1.82) is 0 Å². The average Bonchev–Trinajstić information content (AvgIpc) is 3.37. The number of nitrogens with one attached hydrogen (secondary N) is 3. The second-order valence-electron chi connectivity index (χ2n) is 7.84. The molecule has 9 nitrogen and oxygen atoms in total. The molecule has 2 aromatic carbocycles. The molecular weight excluding hydrogens is 432 g/mol. The van der Waals surface area contributed by atoms with Crippen molar-refractivity contribution >= 4 is 29.2 Å². The minimum absolute atomic E-state index is 0.00711. The highest BCUT2D eigenvalue weighted by Gasteiger charge is 2.48. The summed E-state index contributed by atoms with van der Waals surface area (Å²) in [4.78, 5) is 27.0. The van der Waals surface area contributed by atoms with Gasteiger partial charge in [0.1, 0.15) is 18.5 Å². The third kappa shape index (κ3) is 3.75. The molecule has 2 aromatic rings. The van der Waals surface area contributed by atoms with E-state index in [9.17, 15) is 9.59 Å². The number of amides is 3. The van der Waals surface area contributed by atoms with Gasteiger partial charge in [-0.1, -0.05) is 35.9 Å². The van der Waals surface area contributed by atoms with Gasteiger partial charge >= 0.3 is 6.03 Å². The highest BCUT2D eigenvalue weighted by atomic mass is 35.5. The van der Waals surface area contributed by atoms with E-state index in [0.717, 1.165) is 17.7 Å². The third-order valence-corrected chi connectivity index (χ3v) is 6.23. The van der Waals surface area contributed by atoms with Crippen LogP contribution < -0.4 is 20.9 Å². The van der Waals surface area contributed by atoms with Crippen LogP contribution in [0.4, 0.5) is 10.5 Å². The van der Waals surface area contributed by atoms with Gasteiger partial charge in [0, 0.05) is 12.4 Å². The molecule has 0 spiro atoms. The van der Waals surface area contributed by atoms with E-state index < -0.39 is 0 Å². The van der Waals surface area contributed by atoms with Crippen LogP contribution in [-0.2, 0) is 4.79 Å². The third-order valence-electron chi connectivity index (χ3n) is 5.90. The number of methoxy groups -OCH3 is 1. The number of benzene rings is 2. The van der Waals surface area contributed by atoms with Gasteiger partial charge in [0.05, 0.1) is 29.9 Å². The summed E-state index contributed by atoms with van der Waals surface area (Å²) in [5.41, 5.74) is 8.33. The van der Waals surface area contributed by atoms with Crippen LogP contribution in [0.15, 0.2) is 60.9 Å². The zero-order chi connectivity index (χ0) is 22.2. The lowest BCUT2D eigenvalue weighted by atomic mass is 10.00. The first kappa shape index (κ1) is 20.6. The van der Waals surface area contributed by atoms with Gasteiger partial charge in [-0.25, -0.2) is 20.7 Å². The molecule has 5 rings (SSSR count). The molecule has 3 amide bonds. The second kappa shape index (κ2) is 8.34. The van der Waals surface area contributed by atoms with Crippen molar-refractivity contribution in [1.82, 2.24) is 25.8 Å². The maximum absolute atomic E-state index is 12.9. The topological polar surface area (TPSA) is 89.2 Å². The number of hydrogen-bond donors (Lipinski definition) is 3. The van der Waals surface area contributed by atoms with Crippen molar-refractivity contribution in [2.75, 3.05) is 19.0 Å². The zero-order valence-corrected chi connectivity index (χ0v) is 18.1. The summed E-state index contributed by atoms with van der Waals surface area (Å²) in [6, 6.07) is 14.8. The maximum atomic E-state index is 12.9. The van der Waals surface area contributed by atoms with Gasteiger partial charge in [-0.15, -0.1) is 0 Å². The number of hydrogen-bond acceptors (Lipinski definition) is 6. The Balaban J connectivity index is 1.25. The Morgan fingerprint density at radius 3 is 2.69 bits per heavy atom. The molecule has 0 aliphatic carbocycles. The van der Waals surface area contributed by atoms with Crippen LogP contribution in [0.3, 0.4) is 0 Å². The molecule has 2 saturated heterocycles. The summed E-state index contributed by atoms with van der Waals surface area (Å²) < 4.78 is 5.24. The van der Waals surface area contributed by atoms with Crippen LogP contribution in [0.1, 0.15) is 18.0 Å². The standard InChI is InChI=1S/C22H23ClN6O3/c1-32-15-8-6-14(7-9-15)18-12-19-21-26-29(22(31)27(21)10-11-28(19)25-18)13-20(30)24-17-5-3-2-4-16(17)23/h2-11,18-19,21,25-26H,12-13H2,1H3,(H,24,30). The molecule has 166 valence electrons. The lowest BCUT2D eigenvalue weighted by molar-refractivity contribution is -0.117. The summed E-state index contributed by atoms with van der Waals surface area (Å²) in [6.07, 6.45) is 4.10. The molecule has 3 N–H and O–H groups in total. The van der Waals surface area contributed by atoms with E-state index in [2.05, 4.69) is 16.2 Å². The van der Waals surface area contributed by atoms with Crippen molar-refractivity contribution in [2.24, 2.45) is 0 Å². The van der Waals surface area contributed by atoms with E-state index in [1.54, 1.807) is 42.5 Å². The van der Waals surface area contributed by atoms with Gasteiger partial charge < -0.3 is 15.1 Å². The number of nitrogens with zero attached hydrogens (tertiary/aromatic N) is 3. The van der Waals surface area contributed by atoms with Crippen molar-refractivity contribution in [3.63, 3.8) is 0 Å². The average molecular weight is 455 g/mol. The van der Waals surface area contributed by atoms with Gasteiger partial charge in [0.25, 0.3) is 0 Å². The summed E-state index contributed by atoms with van der Waals surface area (Å²) in [6.45, 7) is -0.132. The minimum atomic E-state index is -0.333. The quantitative estimate of drug-likeness (QED) is 0.643. The molecule has 3 atom stereocenters. The number of ether oxygens (including phenoxy) is 1. The van der Waals surface area contributed by atoms with E-state index in [0.29, 0.717) is 10.7 Å². The van der Waals surface area contributed by atoms with Gasteiger partial charge in [-0.2, -0.15) is 0 Å². The van der Waals surface area contributed by atoms with Crippen LogP contribution in [0.2, 0.25) is 5.02 Å². The molecule has 32 heavy (non-hydrogen) atoms. The number of carbonyl (C=O) groups is 2. The molecule has 2 fully saturated rings. The molecule has 0 saturated carbocycles. The van der Waals surface area contributed by atoms with Gasteiger partial charge in [0.2, 0.25) is 5.91 Å². The number of halogens is 1. The van der Waals surface area contributed by atoms with Crippen LogP contribution in [0, 0.1) is 0 Å². The van der Waals surface area contributed by atoms with Crippen LogP contribution in [0.25, 0.3) is 0 Å². The van der Waals surface area contributed by atoms with Crippen molar-refractivity contribution in [2.45, 2.75) is 24.7 Å². The fraction of sp³-hybridized carbons (Fsp3) is 0.273. The molecule has 10 heteroatoms. The first-order valence-electron chi connectivity index (χ1n) is 10.3. The Labute approximate surface area is 190 Å². The fourth-order valence-corrected chi connectivity index (χ4v) is 4.46. The van der Waals surface area contributed by atoms with E-state index in [1.165, 1.54) is 5.01 Å². The minimum Gasteiger partial charge on any atom is -0.497 e. The monoisotopic (exact) mass is 454 g/mol. The predicted octanol–water partition coefficient (Wildman–Crippen LogP) is 2.66. The van der Waals surface area contributed by atoms with E-state index in [1.807, 2.05) is 35.5 Å². The Kier molecular flexibility index (Phi) is 5.38. The highest BCUT2D eigenvalue weighted by molar-refractivity contribution is 6.33. The number of anilines is 1. The molecular formula is C22H23ClN6O3. The zero-order valence-electron chi connectivity index (χ0n) is 17.4. The number of rotatable bonds is 5. The number of urea groups is 1. The summed E-state index contributed by atoms with van der Waals surface area (Å²) in [5.74, 6) is 0.476. The van der Waals surface area contributed by atoms with Crippen molar-refractivity contribution in [3.8, 4) is 5.75 Å². The molecule has 3 unspecified atom stereocenters. The van der Waals surface area contributed by atoms with Gasteiger partial charge in [0.15, 0.2) is 0 Å². The van der Waals surface area contributed by atoms with Crippen molar-refractivity contribution in [3.05, 3.63) is 71.5 Å². The fourth-order valence-electron chi connectivity index (χ4n) is 4.28. The first-order valence-corrected chi connectivity index (χ1v) is 10.7. The van der Waals surface area contributed by atoms with Crippen molar-refractivity contribution < 1.29 is 14.3 Å². The largest absolute Gasteiger partial charge is 0.497 e. The Morgan fingerprint density at radius 2 is 1.94 bits per heavy atom. The first-order chi connectivity index (χ1) is 15.5. The molecule has 3 heterocycles. The number of hydrazine groups is 2. The normalized spacial score (nSPS) is 23.9. The molecule has 3 aliphatic rings. The van der Waals surface area contributed by atoms with Crippen LogP contribution in [-0.4, -0.2) is 52.7 Å². The predicted molar refractivity (Wildman–Crippen MR) is 119 cm³/mol. The number of carbonyl (C=O) groups excluding carboxylic acids is 2. The maximum Gasteiger partial charge on any atom is 0.340 e. The van der Waals surface area contributed by atoms with E-state index >= 15 is 0 Å². The molecule has 0 radical (unpaired) electrons. The van der Waals surface area contributed by atoms with Crippen LogP contribution >= 0.6 is 11.6 Å². The Hall–Kier alpha value is -3.27. The Bertz CT molecular complexity index is 1060. The van der Waals surface area contributed by atoms with Gasteiger partial charge in [-0.3, -0.25) is 9.69 Å². The Morgan fingerprint density at radius 1 is 1.16 bits per heavy atom. The second-order valence-corrected chi connectivity index (χ2v) is 8.25. The lowest BCUT2D eigenvalue weighted by Gasteiger charge is -2.34. The summed E-state index contributed by atoms with van der Waals surface area (Å²) in [7, 11) is 1.64. The molecule has 3 aliphatic heterocycles. The van der Waals surface area contributed by atoms with E-state index in [-0.39, 0.29) is 36.7 Å². The molecule has 0 bridgehead atoms. The summed E-state index contributed by atoms with van der Waals surface area (Å²) in [5, 5.41) is 6.55. The number of fused-ring (bicyclic) bond motifs is 3. The smallest absolute Gasteiger partial charge is 0.340 e. The van der Waals surface area contributed by atoms with E-state index in [4.69, 9.17) is 16.3 Å². The molecule has 0 aromatic heterocycles. The summed E-state index contributed by atoms with van der Waals surface area (Å²) >= 11 is 6.11. The van der Waals surface area contributed by atoms with Crippen LogP contribution in [0.5, 0.6) is 5.75 Å². The SMILES string of the molecule is COc1ccc(C2CC3C4NN(CC(=O)Nc5ccccc5Cl)C(=O)N4C=CN3N2)cc1. The van der Waals surface area contributed by atoms with Gasteiger partial charge in [-0.05, 0) is 36.2 Å². The number of para-hydroxylation sites is 1. The lowest BCUT2D eigenvalue weighted by Crippen LogP contribution is -2.54. The highest BCUT2D eigenvalue weighted by Crippen LogP contribution is 2.35.